The van der Waals surface area contributed by atoms with Gasteiger partial charge < -0.3 is 16.2 Å². The van der Waals surface area contributed by atoms with Crippen LogP contribution in [0.3, 0.4) is 0 Å². The van der Waals surface area contributed by atoms with E-state index in [-0.39, 0.29) is 6.42 Å². The van der Waals surface area contributed by atoms with E-state index >= 15 is 0 Å². The van der Waals surface area contributed by atoms with Gasteiger partial charge in [-0.3, -0.25) is 14.3 Å². The molecule has 1 amide bonds. The second-order valence-electron chi connectivity index (χ2n) is 6.42. The van der Waals surface area contributed by atoms with Crippen LogP contribution in [0.5, 0.6) is 0 Å². The molecule has 1 saturated carbocycles. The van der Waals surface area contributed by atoms with E-state index in [4.69, 9.17) is 10.8 Å². The van der Waals surface area contributed by atoms with Crippen LogP contribution >= 0.6 is 0 Å². The molecule has 4 N–H and O–H groups in total. The number of nitrogens with two attached hydrogens (primary N) is 1. The van der Waals surface area contributed by atoms with Crippen molar-refractivity contribution in [2.24, 2.45) is 5.73 Å². The average molecular weight is 342 g/mol. The average Bonchev–Trinajstić information content (AvgIpc) is 3.01. The number of anilines is 2. The highest BCUT2D eigenvalue weighted by molar-refractivity contribution is 5.98. The van der Waals surface area contributed by atoms with Crippen molar-refractivity contribution in [3.05, 3.63) is 41.6 Å². The topological polar surface area (TPSA) is 110 Å². The molecule has 25 heavy (non-hydrogen) atoms. The molecular weight excluding hydrogens is 320 g/mol. The molecule has 0 unspecified atom stereocenters. The van der Waals surface area contributed by atoms with Crippen LogP contribution in [0.4, 0.5) is 11.5 Å². The first-order valence-electron chi connectivity index (χ1n) is 8.49. The van der Waals surface area contributed by atoms with Crippen LogP contribution in [0.1, 0.15) is 54.1 Å². The Morgan fingerprint density at radius 2 is 1.88 bits per heavy atom. The summed E-state index contributed by atoms with van der Waals surface area (Å²) in [5.41, 5.74) is 7.29. The van der Waals surface area contributed by atoms with Gasteiger partial charge in [-0.05, 0) is 30.5 Å². The van der Waals surface area contributed by atoms with Gasteiger partial charge in [0.05, 0.1) is 12.5 Å². The standard InChI is InChI=1S/C18H22N4O3/c19-17(25)15-11-22(14-4-2-1-3-5-14)21-18(15)20-13-8-6-12(7-9-13)10-16(23)24/h6-9,11,14H,1-5,10H2,(H2,19,25)(H,20,21)(H,23,24). The minimum Gasteiger partial charge on any atom is -0.481 e. The van der Waals surface area contributed by atoms with Crippen molar-refractivity contribution in [2.45, 2.75) is 44.6 Å². The van der Waals surface area contributed by atoms with E-state index in [1.54, 1.807) is 30.5 Å². The van der Waals surface area contributed by atoms with E-state index in [0.29, 0.717) is 23.0 Å². The minimum atomic E-state index is -0.872. The van der Waals surface area contributed by atoms with Gasteiger partial charge in [-0.25, -0.2) is 0 Å². The van der Waals surface area contributed by atoms with E-state index < -0.39 is 11.9 Å². The number of rotatable bonds is 6. The van der Waals surface area contributed by atoms with E-state index in [1.165, 1.54) is 19.3 Å². The van der Waals surface area contributed by atoms with Gasteiger partial charge in [0.1, 0.15) is 5.56 Å². The normalized spacial score (nSPS) is 15.0. The third kappa shape index (κ3) is 4.17. The Bertz CT molecular complexity index is 761. The number of nitrogens with zero attached hydrogens (tertiary/aromatic N) is 2. The van der Waals surface area contributed by atoms with Crippen LogP contribution in [-0.2, 0) is 11.2 Å². The number of hydrogen-bond acceptors (Lipinski definition) is 4. The zero-order chi connectivity index (χ0) is 17.8. The number of amides is 1. The maximum Gasteiger partial charge on any atom is 0.307 e. The first-order valence-corrected chi connectivity index (χ1v) is 8.49. The van der Waals surface area contributed by atoms with Gasteiger partial charge in [0, 0.05) is 11.9 Å². The first kappa shape index (κ1) is 17.0. The fourth-order valence-corrected chi connectivity index (χ4v) is 3.21. The summed E-state index contributed by atoms with van der Waals surface area (Å²) in [5.74, 6) is -0.959. The predicted octanol–water partition coefficient (Wildman–Crippen LogP) is 2.86. The lowest BCUT2D eigenvalue weighted by atomic mass is 9.96. The fraction of sp³-hybridized carbons (Fsp3) is 0.389. The summed E-state index contributed by atoms with van der Waals surface area (Å²) in [4.78, 5) is 22.5. The largest absolute Gasteiger partial charge is 0.481 e. The lowest BCUT2D eigenvalue weighted by Gasteiger charge is -2.21. The van der Waals surface area contributed by atoms with Gasteiger partial charge in [-0.2, -0.15) is 5.10 Å². The zero-order valence-corrected chi connectivity index (χ0v) is 13.9. The molecule has 132 valence electrons. The lowest BCUT2D eigenvalue weighted by Crippen LogP contribution is -2.14. The van der Waals surface area contributed by atoms with Crippen molar-refractivity contribution in [3.8, 4) is 0 Å². The number of carboxylic acids is 1. The smallest absolute Gasteiger partial charge is 0.307 e. The molecule has 1 aromatic heterocycles. The SMILES string of the molecule is NC(=O)c1cn(C2CCCCC2)nc1Nc1ccc(CC(=O)O)cc1. The number of carboxylic acid groups (broad SMARTS) is 1. The summed E-state index contributed by atoms with van der Waals surface area (Å²) in [6.07, 6.45) is 7.40. The number of carbonyl (C=O) groups excluding carboxylic acids is 1. The summed E-state index contributed by atoms with van der Waals surface area (Å²) in [5, 5.41) is 16.5. The zero-order valence-electron chi connectivity index (χ0n) is 13.9. The van der Waals surface area contributed by atoms with Crippen molar-refractivity contribution in [1.82, 2.24) is 9.78 Å². The highest BCUT2D eigenvalue weighted by atomic mass is 16.4. The van der Waals surface area contributed by atoms with Gasteiger partial charge in [0.15, 0.2) is 5.82 Å². The third-order valence-electron chi connectivity index (χ3n) is 4.52. The number of hydrogen-bond donors (Lipinski definition) is 3. The van der Waals surface area contributed by atoms with Crippen molar-refractivity contribution in [2.75, 3.05) is 5.32 Å². The van der Waals surface area contributed by atoms with Crippen molar-refractivity contribution >= 4 is 23.4 Å². The highest BCUT2D eigenvalue weighted by Crippen LogP contribution is 2.30. The van der Waals surface area contributed by atoms with Crippen LogP contribution in [-0.4, -0.2) is 26.8 Å². The molecule has 1 aliphatic carbocycles. The van der Waals surface area contributed by atoms with Gasteiger partial charge in [-0.15, -0.1) is 0 Å². The molecule has 1 aromatic carbocycles. The monoisotopic (exact) mass is 342 g/mol. The molecule has 3 rings (SSSR count). The summed E-state index contributed by atoms with van der Waals surface area (Å²) in [6, 6.07) is 7.31. The molecule has 0 spiro atoms. The fourth-order valence-electron chi connectivity index (χ4n) is 3.21. The molecule has 7 nitrogen and oxygen atoms in total. The Kier molecular flexibility index (Phi) is 5.02. The summed E-state index contributed by atoms with van der Waals surface area (Å²) >= 11 is 0. The summed E-state index contributed by atoms with van der Waals surface area (Å²) in [7, 11) is 0. The maximum absolute atomic E-state index is 11.7. The molecule has 2 aromatic rings. The number of carbonyl (C=O) groups is 2. The molecule has 1 aliphatic rings. The molecule has 0 bridgehead atoms. The van der Waals surface area contributed by atoms with Crippen molar-refractivity contribution in [3.63, 3.8) is 0 Å². The molecular formula is C18H22N4O3. The van der Waals surface area contributed by atoms with Crippen LogP contribution in [0.25, 0.3) is 0 Å². The van der Waals surface area contributed by atoms with E-state index in [2.05, 4.69) is 10.4 Å². The molecule has 7 heteroatoms. The second-order valence-corrected chi connectivity index (χ2v) is 6.42. The van der Waals surface area contributed by atoms with Gasteiger partial charge in [-0.1, -0.05) is 31.4 Å². The first-order chi connectivity index (χ1) is 12.0. The predicted molar refractivity (Wildman–Crippen MR) is 93.9 cm³/mol. The Balaban J connectivity index is 1.79. The van der Waals surface area contributed by atoms with E-state index in [0.717, 1.165) is 18.5 Å². The van der Waals surface area contributed by atoms with Crippen molar-refractivity contribution in [1.29, 1.82) is 0 Å². The maximum atomic E-state index is 11.7. The summed E-state index contributed by atoms with van der Waals surface area (Å²) < 4.78 is 1.85. The van der Waals surface area contributed by atoms with Crippen molar-refractivity contribution < 1.29 is 14.7 Å². The van der Waals surface area contributed by atoms with Gasteiger partial charge in [0.2, 0.25) is 0 Å². The number of aromatic nitrogens is 2. The molecule has 0 radical (unpaired) electrons. The van der Waals surface area contributed by atoms with E-state index in [9.17, 15) is 9.59 Å². The third-order valence-corrected chi connectivity index (χ3v) is 4.52. The number of benzene rings is 1. The van der Waals surface area contributed by atoms with E-state index in [1.807, 2.05) is 4.68 Å². The number of aliphatic carboxylic acids is 1. The van der Waals surface area contributed by atoms with Crippen LogP contribution in [0, 0.1) is 0 Å². The number of nitrogens with one attached hydrogen (secondary N) is 1. The molecule has 0 aliphatic heterocycles. The second kappa shape index (κ2) is 7.38. The Morgan fingerprint density at radius 3 is 2.48 bits per heavy atom. The van der Waals surface area contributed by atoms with Gasteiger partial charge in [0.25, 0.3) is 5.91 Å². The lowest BCUT2D eigenvalue weighted by molar-refractivity contribution is -0.136. The molecule has 1 heterocycles. The van der Waals surface area contributed by atoms with Crippen LogP contribution in [0.15, 0.2) is 30.5 Å². The van der Waals surface area contributed by atoms with Gasteiger partial charge >= 0.3 is 5.97 Å². The Labute approximate surface area is 145 Å². The quantitative estimate of drug-likeness (QED) is 0.747. The molecule has 0 atom stereocenters. The Morgan fingerprint density at radius 1 is 1.20 bits per heavy atom. The minimum absolute atomic E-state index is 0.0247. The molecule has 1 fully saturated rings. The summed E-state index contributed by atoms with van der Waals surface area (Å²) in [6.45, 7) is 0. The van der Waals surface area contributed by atoms with Crippen LogP contribution in [0.2, 0.25) is 0 Å². The van der Waals surface area contributed by atoms with Crippen LogP contribution < -0.4 is 11.1 Å². The Hall–Kier alpha value is -2.83. The number of primary amides is 1. The molecule has 0 saturated heterocycles. The highest BCUT2D eigenvalue weighted by Gasteiger charge is 2.21.